The average Bonchev–Trinajstić information content (AvgIpc) is 3.29. The highest BCUT2D eigenvalue weighted by molar-refractivity contribution is 6.04. The fourth-order valence-corrected chi connectivity index (χ4v) is 4.46. The molecule has 2 aliphatic rings. The van der Waals surface area contributed by atoms with E-state index in [1.54, 1.807) is 26.4 Å². The Hall–Kier alpha value is -3.87. The molecule has 0 unspecified atom stereocenters. The van der Waals surface area contributed by atoms with Crippen LogP contribution in [-0.2, 0) is 0 Å². The van der Waals surface area contributed by atoms with Gasteiger partial charge in [-0.05, 0) is 43.3 Å². The smallest absolute Gasteiger partial charge is 0.214 e. The van der Waals surface area contributed by atoms with Crippen LogP contribution in [0, 0.1) is 0 Å². The number of hydrazone groups is 1. The van der Waals surface area contributed by atoms with Crippen molar-refractivity contribution in [3.8, 4) is 28.7 Å². The zero-order chi connectivity index (χ0) is 22.9. The lowest BCUT2D eigenvalue weighted by atomic mass is 9.95. The van der Waals surface area contributed by atoms with Crippen LogP contribution >= 0.6 is 0 Å². The normalized spacial score (nSPS) is 18.6. The van der Waals surface area contributed by atoms with Gasteiger partial charge in [0.15, 0.2) is 23.0 Å². The molecule has 0 saturated heterocycles. The maximum atomic E-state index is 10.4. The molecule has 0 bridgehead atoms. The Morgan fingerprint density at radius 2 is 1.82 bits per heavy atom. The summed E-state index contributed by atoms with van der Waals surface area (Å²) >= 11 is 0. The Labute approximate surface area is 192 Å². The molecule has 0 aromatic heterocycles. The van der Waals surface area contributed by atoms with Gasteiger partial charge in [0.2, 0.25) is 6.23 Å². The number of phenols is 1. The monoisotopic (exact) mass is 446 g/mol. The van der Waals surface area contributed by atoms with Gasteiger partial charge in [-0.1, -0.05) is 24.3 Å². The van der Waals surface area contributed by atoms with E-state index in [0.717, 1.165) is 22.4 Å². The van der Waals surface area contributed by atoms with Crippen molar-refractivity contribution >= 4 is 5.71 Å². The molecular formula is C26H26N2O5. The van der Waals surface area contributed by atoms with E-state index in [2.05, 4.69) is 0 Å². The molecular weight excluding hydrogens is 420 g/mol. The molecule has 2 heterocycles. The van der Waals surface area contributed by atoms with Crippen LogP contribution in [0.4, 0.5) is 0 Å². The van der Waals surface area contributed by atoms with Crippen molar-refractivity contribution in [1.82, 2.24) is 5.01 Å². The zero-order valence-corrected chi connectivity index (χ0v) is 18.8. The molecule has 170 valence electrons. The van der Waals surface area contributed by atoms with Crippen LogP contribution in [0.3, 0.4) is 0 Å². The molecule has 0 saturated carbocycles. The lowest BCUT2D eigenvalue weighted by Gasteiger charge is -2.38. The highest BCUT2D eigenvalue weighted by Gasteiger charge is 2.42. The van der Waals surface area contributed by atoms with Crippen LogP contribution in [0.15, 0.2) is 65.8 Å². The highest BCUT2D eigenvalue weighted by Crippen LogP contribution is 2.51. The number of aromatic hydroxyl groups is 1. The molecule has 5 rings (SSSR count). The molecule has 2 atom stereocenters. The number of hydrogen-bond acceptors (Lipinski definition) is 7. The number of phenolic OH excluding ortho intramolecular Hbond substituents is 1. The van der Waals surface area contributed by atoms with Gasteiger partial charge in [0, 0.05) is 23.1 Å². The van der Waals surface area contributed by atoms with E-state index in [0.29, 0.717) is 36.0 Å². The summed E-state index contributed by atoms with van der Waals surface area (Å²) in [5.41, 5.74) is 3.40. The summed E-state index contributed by atoms with van der Waals surface area (Å²) in [5, 5.41) is 17.3. The minimum absolute atomic E-state index is 0.0685. The van der Waals surface area contributed by atoms with E-state index in [-0.39, 0.29) is 11.8 Å². The summed E-state index contributed by atoms with van der Waals surface area (Å²) in [4.78, 5) is 0. The Kier molecular flexibility index (Phi) is 5.46. The molecule has 0 amide bonds. The second-order valence-corrected chi connectivity index (χ2v) is 7.86. The number of methoxy groups -OCH3 is 2. The van der Waals surface area contributed by atoms with Crippen LogP contribution in [-0.4, -0.2) is 36.7 Å². The van der Waals surface area contributed by atoms with Crippen molar-refractivity contribution in [2.75, 3.05) is 20.8 Å². The van der Waals surface area contributed by atoms with Crippen LogP contribution in [0.1, 0.15) is 42.3 Å². The molecule has 3 aromatic carbocycles. The quantitative estimate of drug-likeness (QED) is 0.571. The van der Waals surface area contributed by atoms with Crippen molar-refractivity contribution in [3.05, 3.63) is 77.4 Å². The summed E-state index contributed by atoms with van der Waals surface area (Å²) in [5.74, 6) is 2.89. The third-order valence-electron chi connectivity index (χ3n) is 5.99. The molecule has 1 N–H and O–H groups in total. The minimum atomic E-state index is -0.508. The van der Waals surface area contributed by atoms with E-state index in [1.807, 2.05) is 60.5 Å². The van der Waals surface area contributed by atoms with Gasteiger partial charge in [-0.3, -0.25) is 0 Å². The third-order valence-corrected chi connectivity index (χ3v) is 5.99. The lowest BCUT2D eigenvalue weighted by Crippen LogP contribution is -2.33. The zero-order valence-electron chi connectivity index (χ0n) is 18.8. The molecule has 2 aliphatic heterocycles. The number of para-hydroxylation sites is 2. The Balaban J connectivity index is 1.62. The highest BCUT2D eigenvalue weighted by atomic mass is 16.5. The van der Waals surface area contributed by atoms with Crippen molar-refractivity contribution in [2.24, 2.45) is 5.10 Å². The summed E-state index contributed by atoms with van der Waals surface area (Å²) < 4.78 is 23.4. The molecule has 33 heavy (non-hydrogen) atoms. The maximum Gasteiger partial charge on any atom is 0.214 e. The van der Waals surface area contributed by atoms with Crippen molar-refractivity contribution in [3.63, 3.8) is 0 Å². The van der Waals surface area contributed by atoms with Crippen molar-refractivity contribution in [2.45, 2.75) is 25.6 Å². The predicted octanol–water partition coefficient (Wildman–Crippen LogP) is 5.05. The first-order chi connectivity index (χ1) is 16.1. The summed E-state index contributed by atoms with van der Waals surface area (Å²) in [6, 6.07) is 18.8. The van der Waals surface area contributed by atoms with Crippen LogP contribution in [0.2, 0.25) is 0 Å². The average molecular weight is 447 g/mol. The van der Waals surface area contributed by atoms with Gasteiger partial charge in [0.1, 0.15) is 5.75 Å². The van der Waals surface area contributed by atoms with Gasteiger partial charge in [0.25, 0.3) is 0 Å². The van der Waals surface area contributed by atoms with Crippen molar-refractivity contribution in [1.29, 1.82) is 0 Å². The fraction of sp³-hybridized carbons (Fsp3) is 0.269. The molecule has 7 nitrogen and oxygen atoms in total. The van der Waals surface area contributed by atoms with Gasteiger partial charge >= 0.3 is 0 Å². The second-order valence-electron chi connectivity index (χ2n) is 7.86. The van der Waals surface area contributed by atoms with Crippen molar-refractivity contribution < 1.29 is 24.1 Å². The van der Waals surface area contributed by atoms with Gasteiger partial charge in [-0.15, -0.1) is 0 Å². The third kappa shape index (κ3) is 3.59. The summed E-state index contributed by atoms with van der Waals surface area (Å²) in [6.45, 7) is 2.48. The number of ether oxygens (including phenoxy) is 4. The van der Waals surface area contributed by atoms with E-state index < -0.39 is 6.23 Å². The Morgan fingerprint density at radius 3 is 2.58 bits per heavy atom. The second kappa shape index (κ2) is 8.58. The molecule has 3 aromatic rings. The first-order valence-electron chi connectivity index (χ1n) is 10.9. The number of rotatable bonds is 6. The van der Waals surface area contributed by atoms with E-state index in [4.69, 9.17) is 24.0 Å². The number of benzene rings is 3. The standard InChI is InChI=1S/C26H26N2O5/c1-4-32-22-13-12-16(14-24(22)31-3)26-28-20(18-9-7-11-23(30-2)25(18)33-26)15-19(27-28)17-8-5-6-10-21(17)29/h5-14,20,26,29H,4,15H2,1-3H3/t20-,26+/m0/s1. The van der Waals surface area contributed by atoms with E-state index in [1.165, 1.54) is 0 Å². The predicted molar refractivity (Wildman–Crippen MR) is 124 cm³/mol. The van der Waals surface area contributed by atoms with Gasteiger partial charge in [-0.25, -0.2) is 5.01 Å². The number of fused-ring (bicyclic) bond motifs is 3. The largest absolute Gasteiger partial charge is 0.507 e. The number of nitrogens with zero attached hydrogens (tertiary/aromatic N) is 2. The summed E-state index contributed by atoms with van der Waals surface area (Å²) in [7, 11) is 3.26. The molecule has 0 aliphatic carbocycles. The topological polar surface area (TPSA) is 72.8 Å². The first kappa shape index (κ1) is 21.0. The van der Waals surface area contributed by atoms with Crippen LogP contribution in [0.25, 0.3) is 0 Å². The van der Waals surface area contributed by atoms with E-state index in [9.17, 15) is 5.11 Å². The summed E-state index contributed by atoms with van der Waals surface area (Å²) in [6.07, 6.45) is 0.123. The molecule has 0 fully saturated rings. The van der Waals surface area contributed by atoms with Gasteiger partial charge in [0.05, 0.1) is 32.6 Å². The van der Waals surface area contributed by atoms with E-state index >= 15 is 0 Å². The molecule has 0 radical (unpaired) electrons. The Morgan fingerprint density at radius 1 is 1.00 bits per heavy atom. The van der Waals surface area contributed by atoms with Gasteiger partial charge < -0.3 is 24.1 Å². The first-order valence-corrected chi connectivity index (χ1v) is 10.9. The fourth-order valence-electron chi connectivity index (χ4n) is 4.46. The van der Waals surface area contributed by atoms with Crippen LogP contribution < -0.4 is 18.9 Å². The minimum Gasteiger partial charge on any atom is -0.507 e. The molecule has 7 heteroatoms. The SMILES string of the molecule is CCOc1ccc([C@H]2Oc3c(OC)cccc3[C@@H]3CC(c4ccccc4O)=NN23)cc1OC. The number of hydrogen-bond donors (Lipinski definition) is 1. The molecule has 0 spiro atoms. The van der Waals surface area contributed by atoms with Crippen LogP contribution in [0.5, 0.6) is 28.7 Å². The lowest BCUT2D eigenvalue weighted by molar-refractivity contribution is -0.0210. The van der Waals surface area contributed by atoms with Gasteiger partial charge in [-0.2, -0.15) is 5.10 Å². The Bertz CT molecular complexity index is 1210. The maximum absolute atomic E-state index is 10.4.